The maximum atomic E-state index is 6.33. The molecule has 1 aliphatic heterocycles. The number of benzene rings is 1. The van der Waals surface area contributed by atoms with Crippen molar-refractivity contribution in [3.05, 3.63) is 53.2 Å². The molecule has 7 nitrogen and oxygen atoms in total. The van der Waals surface area contributed by atoms with Crippen molar-refractivity contribution < 1.29 is 4.74 Å². The summed E-state index contributed by atoms with van der Waals surface area (Å²) < 4.78 is 5.39. The first-order chi connectivity index (χ1) is 15.0. The summed E-state index contributed by atoms with van der Waals surface area (Å²) in [6.45, 7) is 5.28. The molecular formula is C23H33ClN6O. The van der Waals surface area contributed by atoms with E-state index in [-0.39, 0.29) is 12.1 Å². The predicted octanol–water partition coefficient (Wildman–Crippen LogP) is 3.18. The van der Waals surface area contributed by atoms with Gasteiger partial charge in [-0.15, -0.1) is 0 Å². The predicted molar refractivity (Wildman–Crippen MR) is 128 cm³/mol. The van der Waals surface area contributed by atoms with Gasteiger partial charge in [-0.2, -0.15) is 0 Å². The molecule has 168 valence electrons. The fraction of sp³-hybridized carbons (Fsp3) is 0.478. The molecule has 1 aromatic heterocycles. The summed E-state index contributed by atoms with van der Waals surface area (Å²) in [4.78, 5) is 13.7. The van der Waals surface area contributed by atoms with Crippen LogP contribution in [0, 0.1) is 0 Å². The van der Waals surface area contributed by atoms with Crippen LogP contribution in [-0.4, -0.2) is 69.3 Å². The maximum Gasteiger partial charge on any atom is 0.191 e. The van der Waals surface area contributed by atoms with Gasteiger partial charge < -0.3 is 25.2 Å². The molecule has 1 aliphatic rings. The molecule has 0 amide bonds. The van der Waals surface area contributed by atoms with Crippen LogP contribution < -0.4 is 20.3 Å². The minimum absolute atomic E-state index is 0.151. The number of nitrogens with one attached hydrogen (secondary N) is 2. The molecule has 0 aliphatic carbocycles. The molecule has 8 heteroatoms. The molecule has 0 spiro atoms. The number of likely N-dealkylation sites (N-methyl/N-ethyl adjacent to an activating group) is 1. The lowest BCUT2D eigenvalue weighted by Gasteiger charge is -2.25. The fourth-order valence-corrected chi connectivity index (χ4v) is 4.03. The standard InChI is InChI=1S/C23H33ClN6O/c1-5-25-23(27-15-21(29(2)3)17-8-6-9-19(14-17)31-4)28-18-11-13-30(16-18)22-20(24)10-7-12-26-22/h6-10,12,14,18,21H,5,11,13,15-16H2,1-4H3,(H2,25,27,28). The van der Waals surface area contributed by atoms with Gasteiger partial charge in [0.25, 0.3) is 0 Å². The third-order valence-corrected chi connectivity index (χ3v) is 5.73. The van der Waals surface area contributed by atoms with E-state index in [1.165, 1.54) is 5.56 Å². The highest BCUT2D eigenvalue weighted by Crippen LogP contribution is 2.26. The number of aliphatic imine (C=N–C) groups is 1. The van der Waals surface area contributed by atoms with E-state index in [0.29, 0.717) is 11.6 Å². The second kappa shape index (κ2) is 11.2. The Balaban J connectivity index is 1.67. The molecular weight excluding hydrogens is 412 g/mol. The van der Waals surface area contributed by atoms with Gasteiger partial charge in [-0.05, 0) is 57.3 Å². The lowest BCUT2D eigenvalue weighted by Crippen LogP contribution is -2.45. The second-order valence-corrected chi connectivity index (χ2v) is 8.27. The van der Waals surface area contributed by atoms with Gasteiger partial charge in [-0.25, -0.2) is 4.98 Å². The quantitative estimate of drug-likeness (QED) is 0.481. The molecule has 2 N–H and O–H groups in total. The Morgan fingerprint density at radius 1 is 1.35 bits per heavy atom. The Morgan fingerprint density at radius 2 is 2.19 bits per heavy atom. The van der Waals surface area contributed by atoms with E-state index in [0.717, 1.165) is 43.6 Å². The molecule has 0 radical (unpaired) electrons. The number of rotatable bonds is 8. The van der Waals surface area contributed by atoms with Crippen LogP contribution >= 0.6 is 11.6 Å². The summed E-state index contributed by atoms with van der Waals surface area (Å²) in [5.74, 6) is 2.54. The molecule has 0 bridgehead atoms. The third kappa shape index (κ3) is 6.24. The Labute approximate surface area is 190 Å². The zero-order chi connectivity index (χ0) is 22.2. The van der Waals surface area contributed by atoms with Gasteiger partial charge in [-0.3, -0.25) is 4.99 Å². The summed E-state index contributed by atoms with van der Waals surface area (Å²) in [7, 11) is 5.84. The van der Waals surface area contributed by atoms with Gasteiger partial charge in [0.15, 0.2) is 5.96 Å². The SMILES string of the molecule is CCNC(=NCC(c1cccc(OC)c1)N(C)C)NC1CCN(c2ncccc2Cl)C1. The van der Waals surface area contributed by atoms with E-state index in [2.05, 4.69) is 58.6 Å². The van der Waals surface area contributed by atoms with Crippen molar-refractivity contribution in [3.8, 4) is 5.75 Å². The molecule has 2 atom stereocenters. The molecule has 1 fully saturated rings. The van der Waals surface area contributed by atoms with Crippen LogP contribution in [0.4, 0.5) is 5.82 Å². The number of ether oxygens (including phenoxy) is 1. The number of methoxy groups -OCH3 is 1. The molecule has 31 heavy (non-hydrogen) atoms. The van der Waals surface area contributed by atoms with Gasteiger partial charge in [0, 0.05) is 31.9 Å². The summed E-state index contributed by atoms with van der Waals surface area (Å²) in [5, 5.41) is 7.66. The van der Waals surface area contributed by atoms with Crippen molar-refractivity contribution in [2.45, 2.75) is 25.4 Å². The van der Waals surface area contributed by atoms with Gasteiger partial charge in [0.05, 0.1) is 24.7 Å². The maximum absolute atomic E-state index is 6.33. The van der Waals surface area contributed by atoms with Crippen LogP contribution in [-0.2, 0) is 0 Å². The number of hydrogen-bond acceptors (Lipinski definition) is 5. The number of halogens is 1. The van der Waals surface area contributed by atoms with Gasteiger partial charge >= 0.3 is 0 Å². The van der Waals surface area contributed by atoms with E-state index >= 15 is 0 Å². The average molecular weight is 445 g/mol. The van der Waals surface area contributed by atoms with Crippen LogP contribution in [0.25, 0.3) is 0 Å². The van der Waals surface area contributed by atoms with E-state index in [1.54, 1.807) is 13.3 Å². The molecule has 1 aromatic carbocycles. The largest absolute Gasteiger partial charge is 0.497 e. The summed E-state index contributed by atoms with van der Waals surface area (Å²) >= 11 is 6.33. The average Bonchev–Trinajstić information content (AvgIpc) is 3.22. The van der Waals surface area contributed by atoms with Crippen molar-refractivity contribution in [3.63, 3.8) is 0 Å². The topological polar surface area (TPSA) is 65.0 Å². The minimum Gasteiger partial charge on any atom is -0.497 e. The van der Waals surface area contributed by atoms with Gasteiger partial charge in [-0.1, -0.05) is 23.7 Å². The minimum atomic E-state index is 0.151. The Morgan fingerprint density at radius 3 is 2.90 bits per heavy atom. The molecule has 1 saturated heterocycles. The summed E-state index contributed by atoms with van der Waals surface area (Å²) in [6.07, 6.45) is 2.79. The first-order valence-corrected chi connectivity index (χ1v) is 11.1. The van der Waals surface area contributed by atoms with Crippen LogP contribution in [0.5, 0.6) is 5.75 Å². The van der Waals surface area contributed by atoms with Crippen LogP contribution in [0.15, 0.2) is 47.6 Å². The highest BCUT2D eigenvalue weighted by atomic mass is 35.5. The van der Waals surface area contributed by atoms with Crippen molar-refractivity contribution in [1.82, 2.24) is 20.5 Å². The number of pyridine rings is 1. The van der Waals surface area contributed by atoms with E-state index in [1.807, 2.05) is 24.3 Å². The zero-order valence-corrected chi connectivity index (χ0v) is 19.6. The molecule has 2 unspecified atom stereocenters. The number of aromatic nitrogens is 1. The molecule has 0 saturated carbocycles. The van der Waals surface area contributed by atoms with E-state index < -0.39 is 0 Å². The first-order valence-electron chi connectivity index (χ1n) is 10.7. The number of hydrogen-bond donors (Lipinski definition) is 2. The third-order valence-electron chi connectivity index (χ3n) is 5.44. The second-order valence-electron chi connectivity index (χ2n) is 7.86. The van der Waals surface area contributed by atoms with Crippen LogP contribution in [0.2, 0.25) is 5.02 Å². The summed E-state index contributed by atoms with van der Waals surface area (Å²) in [6, 6.07) is 12.4. The van der Waals surface area contributed by atoms with E-state index in [9.17, 15) is 0 Å². The fourth-order valence-electron chi connectivity index (χ4n) is 3.79. The molecule has 3 rings (SSSR count). The van der Waals surface area contributed by atoms with Crippen molar-refractivity contribution in [2.24, 2.45) is 4.99 Å². The Kier molecular flexibility index (Phi) is 8.37. The lowest BCUT2D eigenvalue weighted by atomic mass is 10.1. The lowest BCUT2D eigenvalue weighted by molar-refractivity contribution is 0.305. The van der Waals surface area contributed by atoms with Gasteiger partial charge in [0.1, 0.15) is 11.6 Å². The van der Waals surface area contributed by atoms with Crippen molar-refractivity contribution >= 4 is 23.4 Å². The number of anilines is 1. The van der Waals surface area contributed by atoms with Crippen LogP contribution in [0.1, 0.15) is 24.9 Å². The highest BCUT2D eigenvalue weighted by Gasteiger charge is 2.25. The Bertz CT molecular complexity index is 875. The van der Waals surface area contributed by atoms with Crippen molar-refractivity contribution in [1.29, 1.82) is 0 Å². The molecule has 2 heterocycles. The van der Waals surface area contributed by atoms with Crippen molar-refractivity contribution in [2.75, 3.05) is 52.3 Å². The normalized spacial score (nSPS) is 17.7. The monoisotopic (exact) mass is 444 g/mol. The van der Waals surface area contributed by atoms with E-state index in [4.69, 9.17) is 21.3 Å². The Hall–Kier alpha value is -2.51. The molecule has 2 aromatic rings. The number of nitrogens with zero attached hydrogens (tertiary/aromatic N) is 4. The first kappa shape index (κ1) is 23.2. The van der Waals surface area contributed by atoms with Crippen LogP contribution in [0.3, 0.4) is 0 Å². The highest BCUT2D eigenvalue weighted by molar-refractivity contribution is 6.32. The summed E-state index contributed by atoms with van der Waals surface area (Å²) in [5.41, 5.74) is 1.18. The van der Waals surface area contributed by atoms with Gasteiger partial charge in [0.2, 0.25) is 0 Å². The number of guanidine groups is 1. The smallest absolute Gasteiger partial charge is 0.191 e. The zero-order valence-electron chi connectivity index (χ0n) is 18.8.